The van der Waals surface area contributed by atoms with Gasteiger partial charge in [-0.25, -0.2) is 27.9 Å². The molecule has 72 heavy (non-hydrogen) atoms. The molecule has 1 atom stereocenters. The van der Waals surface area contributed by atoms with Crippen molar-refractivity contribution in [2.45, 2.75) is 83.8 Å². The van der Waals surface area contributed by atoms with Gasteiger partial charge in [0.25, 0.3) is 5.91 Å². The Morgan fingerprint density at radius 1 is 0.833 bits per heavy atom. The second kappa shape index (κ2) is 21.8. The maximum absolute atomic E-state index is 16.5. The van der Waals surface area contributed by atoms with E-state index in [9.17, 15) is 23.6 Å². The van der Waals surface area contributed by atoms with Crippen molar-refractivity contribution in [1.29, 1.82) is 0 Å². The lowest BCUT2D eigenvalue weighted by atomic mass is 9.85. The van der Waals surface area contributed by atoms with E-state index in [-0.39, 0.29) is 77.7 Å². The number of piperidine rings is 2. The molecule has 3 fully saturated rings. The highest BCUT2D eigenvalue weighted by molar-refractivity contribution is 6.34. The van der Waals surface area contributed by atoms with E-state index in [0.717, 1.165) is 54.7 Å². The van der Waals surface area contributed by atoms with Crippen LogP contribution in [0.1, 0.15) is 85.0 Å². The molecule has 4 amide bonds. The topological polar surface area (TPSA) is 156 Å². The number of carbonyl (C=O) groups excluding carboxylic acids is 4. The molecule has 1 N–H and O–H groups in total. The van der Waals surface area contributed by atoms with Crippen LogP contribution in [0.25, 0.3) is 22.0 Å². The highest BCUT2D eigenvalue weighted by Crippen LogP contribution is 2.43. The predicted octanol–water partition coefficient (Wildman–Crippen LogP) is 8.18. The summed E-state index contributed by atoms with van der Waals surface area (Å²) in [5.41, 5.74) is 2.85. The summed E-state index contributed by atoms with van der Waals surface area (Å²) in [7, 11) is 0. The number of imide groups is 1. The maximum Gasteiger partial charge on any atom is 0.410 e. The number of carbonyl (C=O) groups is 4. The molecule has 0 aliphatic carbocycles. The van der Waals surface area contributed by atoms with Crippen LogP contribution < -0.4 is 15.0 Å². The van der Waals surface area contributed by atoms with E-state index < -0.39 is 41.1 Å². The Hall–Kier alpha value is -6.34. The number of hydrogen-bond acceptors (Lipinski definition) is 12. The molecular formula is C53H57ClF3N7O8. The Kier molecular flexibility index (Phi) is 15.3. The number of rotatable bonds is 15. The van der Waals surface area contributed by atoms with Gasteiger partial charge in [0, 0.05) is 62.2 Å². The number of ether oxygens (including phenoxy) is 4. The van der Waals surface area contributed by atoms with Gasteiger partial charge in [-0.2, -0.15) is 0 Å². The van der Waals surface area contributed by atoms with Gasteiger partial charge in [-0.05, 0) is 112 Å². The first-order valence-corrected chi connectivity index (χ1v) is 24.7. The summed E-state index contributed by atoms with van der Waals surface area (Å²) in [5, 5.41) is 2.63. The molecule has 3 saturated heterocycles. The fourth-order valence-electron chi connectivity index (χ4n) is 9.89. The minimum absolute atomic E-state index is 0.0329. The number of nitrogens with one attached hydrogen (secondary N) is 1. The zero-order valence-corrected chi connectivity index (χ0v) is 41.2. The molecule has 1 aromatic heterocycles. The first kappa shape index (κ1) is 50.6. The van der Waals surface area contributed by atoms with Gasteiger partial charge in [0.2, 0.25) is 11.8 Å². The van der Waals surface area contributed by atoms with Gasteiger partial charge in [0.05, 0.1) is 37.0 Å². The highest BCUT2D eigenvalue weighted by atomic mass is 35.5. The average Bonchev–Trinajstić information content (AvgIpc) is 3.68. The first-order valence-electron chi connectivity index (χ1n) is 24.3. The number of nitrogens with zero attached hydrogens (tertiary/aromatic N) is 6. The number of anilines is 1. The van der Waals surface area contributed by atoms with Crippen molar-refractivity contribution in [3.63, 3.8) is 0 Å². The van der Waals surface area contributed by atoms with Gasteiger partial charge in [-0.3, -0.25) is 19.7 Å². The number of piperazine rings is 1. The molecule has 4 aliphatic rings. The van der Waals surface area contributed by atoms with E-state index in [1.54, 1.807) is 11.0 Å². The number of halogens is 4. The number of benzene rings is 4. The second-order valence-electron chi connectivity index (χ2n) is 19.5. The summed E-state index contributed by atoms with van der Waals surface area (Å²) in [6.45, 7) is 11.0. The van der Waals surface area contributed by atoms with Gasteiger partial charge in [0.1, 0.15) is 53.3 Å². The van der Waals surface area contributed by atoms with Crippen LogP contribution in [0.15, 0.2) is 67.0 Å². The maximum atomic E-state index is 16.5. The minimum atomic E-state index is -0.818. The molecule has 1 unspecified atom stereocenters. The first-order chi connectivity index (χ1) is 34.6. The van der Waals surface area contributed by atoms with E-state index in [0.29, 0.717) is 62.8 Å². The third-order valence-corrected chi connectivity index (χ3v) is 13.8. The second-order valence-corrected chi connectivity index (χ2v) is 19.9. The fourth-order valence-corrected chi connectivity index (χ4v) is 10.2. The summed E-state index contributed by atoms with van der Waals surface area (Å²) in [6.07, 6.45) is 2.85. The molecule has 15 nitrogen and oxygen atoms in total. The zero-order chi connectivity index (χ0) is 50.7. The van der Waals surface area contributed by atoms with Gasteiger partial charge >= 0.3 is 6.09 Å². The van der Waals surface area contributed by atoms with Crippen LogP contribution in [0.5, 0.6) is 5.75 Å². The molecule has 5 aromatic rings. The number of amides is 4. The summed E-state index contributed by atoms with van der Waals surface area (Å²) in [6, 6.07) is 15.7. The van der Waals surface area contributed by atoms with E-state index in [4.69, 9.17) is 30.5 Å². The van der Waals surface area contributed by atoms with Crippen molar-refractivity contribution in [1.82, 2.24) is 30.0 Å². The van der Waals surface area contributed by atoms with Crippen molar-refractivity contribution in [3.05, 3.63) is 117 Å². The lowest BCUT2D eigenvalue weighted by molar-refractivity contribution is -0.136. The van der Waals surface area contributed by atoms with Crippen LogP contribution in [0.2, 0.25) is 5.02 Å². The molecular weight excluding hydrogens is 955 g/mol. The van der Waals surface area contributed by atoms with Gasteiger partial charge in [-0.15, -0.1) is 0 Å². The third kappa shape index (κ3) is 11.3. The summed E-state index contributed by atoms with van der Waals surface area (Å²) in [4.78, 5) is 66.2. The number of hydrogen-bond donors (Lipinski definition) is 1. The highest BCUT2D eigenvalue weighted by Gasteiger charge is 2.41. The van der Waals surface area contributed by atoms with Crippen LogP contribution in [-0.2, 0) is 43.6 Å². The van der Waals surface area contributed by atoms with Crippen LogP contribution in [0.3, 0.4) is 0 Å². The van der Waals surface area contributed by atoms with Gasteiger partial charge < -0.3 is 38.5 Å². The smallest absolute Gasteiger partial charge is 0.410 e. The Bertz CT molecular complexity index is 2850. The largest absolute Gasteiger partial charge is 0.490 e. The SMILES string of the molecule is CC(C)(C)OC(=O)N1CCN(c2ncnc3c(F)c(-c4c(F)cccc4OCCOCc4ccc(COCCN5CCC(c6cc(F)cc7c6CN(C6CCC(=O)NC6=O)C7=O)CC5)cc4)c(Cl)cc23)CC1. The number of fused-ring (bicyclic) bond motifs is 2. The molecule has 0 saturated carbocycles. The van der Waals surface area contributed by atoms with Crippen molar-refractivity contribution in [3.8, 4) is 16.9 Å². The molecule has 19 heteroatoms. The molecule has 380 valence electrons. The van der Waals surface area contributed by atoms with E-state index in [1.807, 2.05) is 49.9 Å². The monoisotopic (exact) mass is 1010 g/mol. The number of likely N-dealkylation sites (tertiary alicyclic amines) is 1. The number of aromatic nitrogens is 2. The quantitative estimate of drug-likeness (QED) is 0.0795. The average molecular weight is 1010 g/mol. The molecule has 5 heterocycles. The van der Waals surface area contributed by atoms with Crippen LogP contribution >= 0.6 is 11.6 Å². The van der Waals surface area contributed by atoms with Gasteiger partial charge in [0.15, 0.2) is 5.82 Å². The molecule has 4 aliphatic heterocycles. The summed E-state index contributed by atoms with van der Waals surface area (Å²) in [5.74, 6) is -2.61. The lowest BCUT2D eigenvalue weighted by Gasteiger charge is -2.36. The fraction of sp³-hybridized carbons (Fsp3) is 0.434. The minimum Gasteiger partial charge on any atom is -0.490 e. The Balaban J connectivity index is 0.714. The van der Waals surface area contributed by atoms with Crippen molar-refractivity contribution in [2.24, 2.45) is 0 Å². The zero-order valence-electron chi connectivity index (χ0n) is 40.5. The van der Waals surface area contributed by atoms with Gasteiger partial charge in [-0.1, -0.05) is 41.9 Å². The van der Waals surface area contributed by atoms with Crippen LogP contribution in [0, 0.1) is 17.5 Å². The summed E-state index contributed by atoms with van der Waals surface area (Å²) >= 11 is 6.75. The third-order valence-electron chi connectivity index (χ3n) is 13.5. The Morgan fingerprint density at radius 3 is 2.24 bits per heavy atom. The molecule has 4 aromatic carbocycles. The predicted molar refractivity (Wildman–Crippen MR) is 262 cm³/mol. The molecule has 9 rings (SSSR count). The van der Waals surface area contributed by atoms with Crippen molar-refractivity contribution in [2.75, 3.05) is 70.5 Å². The van der Waals surface area contributed by atoms with E-state index >= 15 is 8.78 Å². The Labute approximate surface area is 420 Å². The van der Waals surface area contributed by atoms with E-state index in [1.165, 1.54) is 41.6 Å². The normalized spacial score (nSPS) is 18.0. The molecule has 0 spiro atoms. The summed E-state index contributed by atoms with van der Waals surface area (Å²) < 4.78 is 70.3. The van der Waals surface area contributed by atoms with E-state index in [2.05, 4.69) is 20.2 Å². The standard InChI is InChI=1S/C53H57ClF3N7O8/c1-53(2,3)72-52(68)63-19-17-62(18-20-63)49-38-27-40(54)45(47(57)48(38)58-31-59-49)46-41(56)5-4-6-43(46)71-24-23-70-30-33-9-7-32(8-10-33)29-69-22-21-61-15-13-34(14-16-61)36-25-35(55)26-37-39(36)28-64(51(37)67)42-11-12-44(65)60-50(42)66/h4-10,25-27,31,34,42H,11-24,28-30H2,1-3H3,(H,60,65,66). The molecule has 0 radical (unpaired) electrons. The Morgan fingerprint density at radius 2 is 1.54 bits per heavy atom. The molecule has 0 bridgehead atoms. The van der Waals surface area contributed by atoms with Crippen molar-refractivity contribution >= 4 is 52.1 Å². The van der Waals surface area contributed by atoms with Crippen LogP contribution in [0.4, 0.5) is 23.8 Å². The van der Waals surface area contributed by atoms with Crippen molar-refractivity contribution < 1.29 is 51.3 Å². The van der Waals surface area contributed by atoms with Crippen LogP contribution in [-0.4, -0.2) is 126 Å². The lowest BCUT2D eigenvalue weighted by Crippen LogP contribution is -2.52.